The maximum absolute atomic E-state index is 12.9. The van der Waals surface area contributed by atoms with E-state index < -0.39 is 97.4 Å². The van der Waals surface area contributed by atoms with E-state index in [-0.39, 0.29) is 70.4 Å². The molecule has 0 aliphatic carbocycles. The van der Waals surface area contributed by atoms with Crippen molar-refractivity contribution in [2.24, 2.45) is 5.92 Å². The Morgan fingerprint density at radius 1 is 0.440 bits per heavy atom. The van der Waals surface area contributed by atoms with Crippen LogP contribution in [0.1, 0.15) is 99.8 Å². The molecule has 2 heterocycles. The summed E-state index contributed by atoms with van der Waals surface area (Å²) in [6.07, 6.45) is -10.3. The molecule has 0 amide bonds. The number of carbonyl (C=O) groups is 7. The summed E-state index contributed by atoms with van der Waals surface area (Å²) < 4.78 is 52.2. The fraction of sp³-hybridized carbons (Fsp3) is 0.794. The third kappa shape index (κ3) is 12.6. The van der Waals surface area contributed by atoms with Crippen LogP contribution in [0.15, 0.2) is 0 Å². The molecule has 2 rings (SSSR count). The van der Waals surface area contributed by atoms with E-state index >= 15 is 0 Å². The van der Waals surface area contributed by atoms with Crippen molar-refractivity contribution < 1.29 is 76.2 Å². The topological polar surface area (TPSA) is 203 Å². The summed E-state index contributed by atoms with van der Waals surface area (Å²) in [5.74, 6) is -4.77. The van der Waals surface area contributed by atoms with Gasteiger partial charge in [-0.05, 0) is 0 Å². The Morgan fingerprint density at radius 2 is 0.840 bits per heavy atom. The molecule has 0 saturated carbocycles. The van der Waals surface area contributed by atoms with E-state index in [9.17, 15) is 33.6 Å². The number of carbonyl (C=O) groups excluding carboxylic acids is 7. The Bertz CT molecular complexity index is 1170. The van der Waals surface area contributed by atoms with Crippen molar-refractivity contribution >= 4 is 41.6 Å². The van der Waals surface area contributed by atoms with Crippen LogP contribution in [0.2, 0.25) is 0 Å². The van der Waals surface area contributed by atoms with Gasteiger partial charge in [-0.1, -0.05) is 48.5 Å². The Labute approximate surface area is 292 Å². The molecule has 0 aromatic rings. The number of esters is 6. The predicted octanol–water partition coefficient (Wildman–Crippen LogP) is 2.67. The molecule has 0 spiro atoms. The van der Waals surface area contributed by atoms with Crippen LogP contribution in [0.25, 0.3) is 0 Å². The lowest BCUT2D eigenvalue weighted by Gasteiger charge is -2.45. The second kappa shape index (κ2) is 21.6. The van der Waals surface area contributed by atoms with Gasteiger partial charge in [0.2, 0.25) is 0 Å². The minimum Gasteiger partial charge on any atom is -0.463 e. The molecule has 0 radical (unpaired) electrons. The first kappa shape index (κ1) is 42.5. The minimum absolute atomic E-state index is 0.0196. The van der Waals surface area contributed by atoms with Crippen LogP contribution in [0.3, 0.4) is 0 Å². The van der Waals surface area contributed by atoms with Crippen molar-refractivity contribution in [2.75, 3.05) is 19.8 Å². The van der Waals surface area contributed by atoms with E-state index in [1.807, 2.05) is 0 Å². The van der Waals surface area contributed by atoms with Gasteiger partial charge in [-0.2, -0.15) is 0 Å². The van der Waals surface area contributed by atoms with Gasteiger partial charge >= 0.3 is 35.8 Å². The second-order valence-electron chi connectivity index (χ2n) is 11.7. The smallest absolute Gasteiger partial charge is 0.306 e. The molecular formula is C34H52O16. The van der Waals surface area contributed by atoms with Crippen LogP contribution in [-0.4, -0.2) is 110 Å². The Hall–Kier alpha value is -3.63. The van der Waals surface area contributed by atoms with Crippen LogP contribution >= 0.6 is 0 Å². The van der Waals surface area contributed by atoms with Gasteiger partial charge in [0.05, 0.1) is 12.2 Å². The summed E-state index contributed by atoms with van der Waals surface area (Å²) in [6.45, 7) is 10.1. The summed E-state index contributed by atoms with van der Waals surface area (Å²) in [5, 5.41) is 0. The van der Waals surface area contributed by atoms with Crippen molar-refractivity contribution in [3.8, 4) is 0 Å². The predicted molar refractivity (Wildman–Crippen MR) is 170 cm³/mol. The number of Topliss-reactive ketones (excluding diaryl/α,β-unsaturated/α-hetero) is 1. The zero-order chi connectivity index (χ0) is 37.4. The quantitative estimate of drug-likeness (QED) is 0.131. The lowest BCUT2D eigenvalue weighted by atomic mass is 9.90. The molecule has 2 fully saturated rings. The van der Waals surface area contributed by atoms with Crippen molar-refractivity contribution in [1.82, 2.24) is 0 Å². The van der Waals surface area contributed by atoms with Gasteiger partial charge in [0.1, 0.15) is 37.8 Å². The van der Waals surface area contributed by atoms with Crippen molar-refractivity contribution in [3.63, 3.8) is 0 Å². The molecule has 284 valence electrons. The first-order valence-corrected chi connectivity index (χ1v) is 17.4. The van der Waals surface area contributed by atoms with E-state index in [1.165, 1.54) is 13.8 Å². The maximum Gasteiger partial charge on any atom is 0.306 e. The Kier molecular flexibility index (Phi) is 18.3. The maximum atomic E-state index is 12.9. The molecule has 0 aromatic carbocycles. The van der Waals surface area contributed by atoms with E-state index in [2.05, 4.69) is 0 Å². The summed E-state index contributed by atoms with van der Waals surface area (Å²) in [5.41, 5.74) is 0. The first-order chi connectivity index (χ1) is 23.8. The Balaban J connectivity index is 2.68. The van der Waals surface area contributed by atoms with E-state index in [4.69, 9.17) is 42.6 Å². The van der Waals surface area contributed by atoms with Crippen LogP contribution in [0.4, 0.5) is 0 Å². The van der Waals surface area contributed by atoms with Crippen molar-refractivity contribution in [3.05, 3.63) is 0 Å². The number of ether oxygens (including phenoxy) is 9. The summed E-state index contributed by atoms with van der Waals surface area (Å²) in [6, 6.07) is 0. The molecule has 7 unspecified atom stereocenters. The lowest BCUT2D eigenvalue weighted by molar-refractivity contribution is -0.322. The monoisotopic (exact) mass is 716 g/mol. The summed E-state index contributed by atoms with van der Waals surface area (Å²) in [4.78, 5) is 87.5. The third-order valence-electron chi connectivity index (χ3n) is 8.12. The molecule has 2 aliphatic heterocycles. The molecule has 0 N–H and O–H groups in total. The summed E-state index contributed by atoms with van der Waals surface area (Å²) in [7, 11) is 0. The van der Waals surface area contributed by atoms with Gasteiger partial charge < -0.3 is 42.6 Å². The fourth-order valence-corrected chi connectivity index (χ4v) is 5.25. The molecule has 9 atom stereocenters. The highest BCUT2D eigenvalue weighted by atomic mass is 16.7. The van der Waals surface area contributed by atoms with Crippen LogP contribution in [0, 0.1) is 5.92 Å². The van der Waals surface area contributed by atoms with Crippen LogP contribution in [0.5, 0.6) is 0 Å². The van der Waals surface area contributed by atoms with E-state index in [0.717, 1.165) is 0 Å². The molecular weight excluding hydrogens is 664 g/mol. The number of rotatable bonds is 20. The highest BCUT2D eigenvalue weighted by Gasteiger charge is 2.56. The van der Waals surface area contributed by atoms with Gasteiger partial charge in [-0.25, -0.2) is 0 Å². The van der Waals surface area contributed by atoms with Gasteiger partial charge in [-0.15, -0.1) is 0 Å². The van der Waals surface area contributed by atoms with Crippen molar-refractivity contribution in [1.29, 1.82) is 0 Å². The molecule has 2 aliphatic rings. The average molecular weight is 717 g/mol. The lowest BCUT2D eigenvalue weighted by Crippen LogP contribution is -2.64. The molecule has 16 heteroatoms. The standard InChI is InChI=1S/C34H52O16/c1-8-19(35)15-20-21(16-42-24(36)9-2)45-22(17-43-25(37)10-3)30(20)50-34-33(49-29(41)14-7)32(48-28(40)13-6)31(47-27(39)12-5)23(46-34)18-44-26(38)11-4/h20-23,30-34H,8-18H2,1-7H3/t20-,21+,22?,23?,30?,31?,32?,33?,34?/m1/s1. The second-order valence-corrected chi connectivity index (χ2v) is 11.7. The summed E-state index contributed by atoms with van der Waals surface area (Å²) >= 11 is 0. The van der Waals surface area contributed by atoms with Gasteiger partial charge in [-0.3, -0.25) is 33.6 Å². The molecule has 0 bridgehead atoms. The zero-order valence-electron chi connectivity index (χ0n) is 30.0. The first-order valence-electron chi connectivity index (χ1n) is 17.4. The van der Waals surface area contributed by atoms with Crippen molar-refractivity contribution in [2.45, 2.75) is 149 Å². The van der Waals surface area contributed by atoms with Gasteiger partial charge in [0.25, 0.3) is 0 Å². The number of hydrogen-bond acceptors (Lipinski definition) is 16. The van der Waals surface area contributed by atoms with Crippen LogP contribution in [-0.2, 0) is 76.2 Å². The Morgan fingerprint density at radius 3 is 1.28 bits per heavy atom. The SMILES string of the molecule is CCC(=O)C[C@H]1C(OC2OC(COC(=O)CC)C(OC(=O)CC)C(OC(=O)CC)C2OC(=O)CC)C(COC(=O)CC)O[C@H]1COC(=O)CC. The largest absolute Gasteiger partial charge is 0.463 e. The normalized spacial score (nSPS) is 27.5. The van der Waals surface area contributed by atoms with Crippen LogP contribution < -0.4 is 0 Å². The molecule has 16 nitrogen and oxygen atoms in total. The fourth-order valence-electron chi connectivity index (χ4n) is 5.25. The molecule has 50 heavy (non-hydrogen) atoms. The number of hydrogen-bond donors (Lipinski definition) is 0. The third-order valence-corrected chi connectivity index (χ3v) is 8.12. The van der Waals surface area contributed by atoms with Gasteiger partial charge in [0, 0.05) is 57.3 Å². The molecule has 2 saturated heterocycles. The average Bonchev–Trinajstić information content (AvgIpc) is 3.44. The highest BCUT2D eigenvalue weighted by molar-refractivity contribution is 5.78. The van der Waals surface area contributed by atoms with E-state index in [0.29, 0.717) is 0 Å². The van der Waals surface area contributed by atoms with Gasteiger partial charge in [0.15, 0.2) is 24.6 Å². The number of ketones is 1. The van der Waals surface area contributed by atoms with E-state index in [1.54, 1.807) is 34.6 Å². The highest BCUT2D eigenvalue weighted by Crippen LogP contribution is 2.38. The minimum atomic E-state index is -1.59. The molecule has 0 aromatic heterocycles. The zero-order valence-corrected chi connectivity index (χ0v) is 30.0.